The monoisotopic (exact) mass is 538 g/mol. The maximum absolute atomic E-state index is 13.3. The third kappa shape index (κ3) is 5.25. The maximum Gasteiger partial charge on any atom is 0.249 e. The van der Waals surface area contributed by atoms with Crippen LogP contribution in [0, 0.1) is 0 Å². The number of carbonyl (C=O) groups is 3. The zero-order chi connectivity index (χ0) is 28.3. The van der Waals surface area contributed by atoms with Crippen LogP contribution in [-0.4, -0.2) is 47.7 Å². The molecule has 1 aliphatic heterocycles. The number of aromatic nitrogens is 1. The summed E-state index contributed by atoms with van der Waals surface area (Å²) in [7, 11) is 1.86. The molecule has 5 rings (SSSR count). The van der Waals surface area contributed by atoms with Crippen LogP contribution in [-0.2, 0) is 45.7 Å². The Morgan fingerprint density at radius 1 is 1.10 bits per heavy atom. The maximum atomic E-state index is 13.3. The van der Waals surface area contributed by atoms with Crippen molar-refractivity contribution in [1.29, 1.82) is 0 Å². The first-order chi connectivity index (χ1) is 19.3. The molecular formula is C31H34N6O3. The van der Waals surface area contributed by atoms with Crippen molar-refractivity contribution in [3.8, 4) is 0 Å². The van der Waals surface area contributed by atoms with E-state index >= 15 is 0 Å². The van der Waals surface area contributed by atoms with Crippen molar-refractivity contribution in [1.82, 2.24) is 15.2 Å². The second-order valence-corrected chi connectivity index (χ2v) is 10.4. The van der Waals surface area contributed by atoms with Gasteiger partial charge in [0.15, 0.2) is 0 Å². The molecule has 1 atom stereocenters. The van der Waals surface area contributed by atoms with Gasteiger partial charge in [0.2, 0.25) is 17.7 Å². The van der Waals surface area contributed by atoms with Crippen LogP contribution in [0.15, 0.2) is 72.9 Å². The quantitative estimate of drug-likeness (QED) is 0.294. The normalized spacial score (nSPS) is 16.8. The van der Waals surface area contributed by atoms with Gasteiger partial charge in [-0.2, -0.15) is 0 Å². The lowest BCUT2D eigenvalue weighted by molar-refractivity contribution is -0.132. The van der Waals surface area contributed by atoms with Gasteiger partial charge in [-0.3, -0.25) is 14.4 Å². The Hall–Kier alpha value is -4.34. The summed E-state index contributed by atoms with van der Waals surface area (Å²) in [5.41, 5.74) is 11.0. The molecule has 2 heterocycles. The summed E-state index contributed by atoms with van der Waals surface area (Å²) < 4.78 is 0. The van der Waals surface area contributed by atoms with Gasteiger partial charge in [0.1, 0.15) is 12.4 Å². The summed E-state index contributed by atoms with van der Waals surface area (Å²) >= 11 is 0. The third-order valence-corrected chi connectivity index (χ3v) is 7.68. The topological polar surface area (TPSA) is 129 Å². The first-order valence-electron chi connectivity index (χ1n) is 13.4. The van der Waals surface area contributed by atoms with E-state index in [0.717, 1.165) is 27.8 Å². The lowest BCUT2D eigenvalue weighted by Crippen LogP contribution is -2.38. The van der Waals surface area contributed by atoms with Crippen LogP contribution in [0.2, 0.25) is 0 Å². The molecule has 0 radical (unpaired) electrons. The molecule has 9 nitrogen and oxygen atoms in total. The van der Waals surface area contributed by atoms with Crippen LogP contribution in [0.5, 0.6) is 0 Å². The molecule has 0 fully saturated rings. The van der Waals surface area contributed by atoms with E-state index in [1.54, 1.807) is 6.20 Å². The van der Waals surface area contributed by atoms with Crippen molar-refractivity contribution in [3.63, 3.8) is 0 Å². The van der Waals surface area contributed by atoms with Crippen LogP contribution in [0.1, 0.15) is 34.2 Å². The highest BCUT2D eigenvalue weighted by Gasteiger charge is 2.51. The Bertz CT molecular complexity index is 1490. The predicted molar refractivity (Wildman–Crippen MR) is 154 cm³/mol. The molecule has 1 spiro atoms. The Kier molecular flexibility index (Phi) is 7.77. The van der Waals surface area contributed by atoms with E-state index in [9.17, 15) is 14.4 Å². The number of fused-ring (bicyclic) bond motifs is 3. The molecule has 1 unspecified atom stereocenters. The van der Waals surface area contributed by atoms with Crippen LogP contribution in [0.25, 0.3) is 0 Å². The molecule has 0 saturated heterocycles. The van der Waals surface area contributed by atoms with Gasteiger partial charge in [-0.25, -0.2) is 4.98 Å². The number of nitrogens with two attached hydrogens (primary N) is 1. The minimum atomic E-state index is -0.679. The second kappa shape index (κ2) is 11.4. The van der Waals surface area contributed by atoms with Crippen LogP contribution >= 0.6 is 0 Å². The van der Waals surface area contributed by atoms with Crippen molar-refractivity contribution in [2.45, 2.75) is 37.8 Å². The van der Waals surface area contributed by atoms with Gasteiger partial charge in [-0.15, -0.1) is 0 Å². The van der Waals surface area contributed by atoms with Crippen LogP contribution in [0.4, 0.5) is 11.5 Å². The highest BCUT2D eigenvalue weighted by atomic mass is 16.2. The molecule has 2 aliphatic rings. The van der Waals surface area contributed by atoms with Crippen molar-refractivity contribution in [2.24, 2.45) is 5.73 Å². The van der Waals surface area contributed by atoms with E-state index in [0.29, 0.717) is 49.4 Å². The summed E-state index contributed by atoms with van der Waals surface area (Å²) in [4.78, 5) is 45.3. The van der Waals surface area contributed by atoms with Gasteiger partial charge in [-0.05, 0) is 73.3 Å². The van der Waals surface area contributed by atoms with Gasteiger partial charge >= 0.3 is 0 Å². The SMILES string of the molecule is C=C(CCN)C(=O)N(CC(=O)Nc1ccc2c(c1)CC1(C2)C(=O)Nc2ncccc21)Cc1ccccc1CNC. The minimum Gasteiger partial charge on any atom is -0.330 e. The third-order valence-electron chi connectivity index (χ3n) is 7.68. The lowest BCUT2D eigenvalue weighted by Gasteiger charge is -2.24. The van der Waals surface area contributed by atoms with E-state index in [4.69, 9.17) is 5.73 Å². The molecule has 3 amide bonds. The molecule has 1 aromatic heterocycles. The van der Waals surface area contributed by atoms with E-state index in [1.165, 1.54) is 4.90 Å². The summed E-state index contributed by atoms with van der Waals surface area (Å²) in [5, 5.41) is 9.01. The highest BCUT2D eigenvalue weighted by Crippen LogP contribution is 2.46. The Morgan fingerprint density at radius 2 is 1.88 bits per heavy atom. The molecule has 2 aromatic carbocycles. The van der Waals surface area contributed by atoms with Gasteiger partial charge in [0.25, 0.3) is 0 Å². The van der Waals surface area contributed by atoms with Crippen molar-refractivity contribution in [3.05, 3.63) is 101 Å². The average molecular weight is 539 g/mol. The van der Waals surface area contributed by atoms with E-state index in [2.05, 4.69) is 27.5 Å². The number of anilines is 2. The minimum absolute atomic E-state index is 0.0478. The average Bonchev–Trinajstić information content (AvgIpc) is 3.46. The smallest absolute Gasteiger partial charge is 0.249 e. The van der Waals surface area contributed by atoms with Crippen molar-refractivity contribution in [2.75, 3.05) is 30.8 Å². The standard InChI is InChI=1S/C31H34N6O3/c1-20(11-12-32)29(39)37(18-23-7-4-3-6-22(23)17-33-2)19-27(38)35-25-10-9-21-15-31(16-24(21)14-25)26-8-5-13-34-28(26)36-30(31)40/h3-10,13-14,33H,1,11-12,15-19,32H2,2H3,(H,35,38)(H,34,36,40). The summed E-state index contributed by atoms with van der Waals surface area (Å²) in [6.45, 7) is 4.97. The predicted octanol–water partition coefficient (Wildman–Crippen LogP) is 2.66. The Balaban J connectivity index is 1.32. The number of amides is 3. The summed E-state index contributed by atoms with van der Waals surface area (Å²) in [6, 6.07) is 17.4. The number of benzene rings is 2. The zero-order valence-corrected chi connectivity index (χ0v) is 22.6. The van der Waals surface area contributed by atoms with Crippen molar-refractivity contribution >= 4 is 29.2 Å². The van der Waals surface area contributed by atoms with E-state index in [-0.39, 0.29) is 30.8 Å². The first-order valence-corrected chi connectivity index (χ1v) is 13.4. The van der Waals surface area contributed by atoms with Gasteiger partial charge in [-0.1, -0.05) is 43.0 Å². The number of rotatable bonds is 10. The fourth-order valence-electron chi connectivity index (χ4n) is 5.70. The fourth-order valence-corrected chi connectivity index (χ4v) is 5.70. The molecule has 1 aliphatic carbocycles. The van der Waals surface area contributed by atoms with E-state index in [1.807, 2.05) is 61.6 Å². The molecule has 9 heteroatoms. The molecule has 5 N–H and O–H groups in total. The highest BCUT2D eigenvalue weighted by molar-refractivity contribution is 6.06. The summed E-state index contributed by atoms with van der Waals surface area (Å²) in [6.07, 6.45) is 3.14. The molecule has 206 valence electrons. The second-order valence-electron chi connectivity index (χ2n) is 10.4. The van der Waals surface area contributed by atoms with Crippen molar-refractivity contribution < 1.29 is 14.4 Å². The van der Waals surface area contributed by atoms with Gasteiger partial charge in [0.05, 0.1) is 5.41 Å². The van der Waals surface area contributed by atoms with Gasteiger partial charge in [0, 0.05) is 36.1 Å². The van der Waals surface area contributed by atoms with E-state index < -0.39 is 5.41 Å². The number of nitrogens with one attached hydrogen (secondary N) is 3. The lowest BCUT2D eigenvalue weighted by atomic mass is 9.79. The number of hydrogen-bond acceptors (Lipinski definition) is 6. The molecule has 3 aromatic rings. The Morgan fingerprint density at radius 3 is 2.65 bits per heavy atom. The number of nitrogens with zero attached hydrogens (tertiary/aromatic N) is 2. The molecule has 0 bridgehead atoms. The first kappa shape index (κ1) is 27.2. The molecular weight excluding hydrogens is 504 g/mol. The summed E-state index contributed by atoms with van der Waals surface area (Å²) in [5.74, 6) is -0.0457. The number of hydrogen-bond donors (Lipinski definition) is 4. The zero-order valence-electron chi connectivity index (χ0n) is 22.6. The molecule has 40 heavy (non-hydrogen) atoms. The fraction of sp³-hybridized carbons (Fsp3) is 0.290. The molecule has 0 saturated carbocycles. The van der Waals surface area contributed by atoms with Gasteiger partial charge < -0.3 is 26.6 Å². The van der Waals surface area contributed by atoms with Crippen LogP contribution in [0.3, 0.4) is 0 Å². The number of carbonyl (C=O) groups excluding carboxylic acids is 3. The number of pyridine rings is 1. The van der Waals surface area contributed by atoms with Crippen LogP contribution < -0.4 is 21.7 Å². The largest absolute Gasteiger partial charge is 0.330 e. The Labute approximate surface area is 233 Å².